The Kier molecular flexibility index (Phi) is 4.29. The smallest absolute Gasteiger partial charge is 0.254 e. The van der Waals surface area contributed by atoms with Gasteiger partial charge in [0.15, 0.2) is 0 Å². The first-order valence-electron chi connectivity index (χ1n) is 5.74. The largest absolute Gasteiger partial charge is 0.337 e. The van der Waals surface area contributed by atoms with Crippen LogP contribution in [0.2, 0.25) is 5.15 Å². The van der Waals surface area contributed by atoms with Crippen molar-refractivity contribution in [1.82, 2.24) is 9.88 Å². The molecule has 17 heavy (non-hydrogen) atoms. The molecule has 1 aromatic rings. The Bertz CT molecular complexity index is 419. The van der Waals surface area contributed by atoms with Gasteiger partial charge in [-0.2, -0.15) is 11.8 Å². The number of amides is 1. The molecule has 1 aliphatic heterocycles. The highest BCUT2D eigenvalue weighted by Crippen LogP contribution is 2.16. The summed E-state index contributed by atoms with van der Waals surface area (Å²) >= 11 is 7.82. The molecule has 1 amide bonds. The minimum Gasteiger partial charge on any atom is -0.337 e. The lowest BCUT2D eigenvalue weighted by Crippen LogP contribution is -2.37. The molecule has 2 rings (SSSR count). The highest BCUT2D eigenvalue weighted by atomic mass is 35.5. The van der Waals surface area contributed by atoms with Gasteiger partial charge in [-0.15, -0.1) is 0 Å². The van der Waals surface area contributed by atoms with Crippen LogP contribution in [-0.4, -0.2) is 40.4 Å². The first-order valence-corrected chi connectivity index (χ1v) is 7.27. The fourth-order valence-corrected chi connectivity index (χ4v) is 2.93. The Hall–Kier alpha value is -0.740. The number of nitrogens with zero attached hydrogens (tertiary/aromatic N) is 2. The summed E-state index contributed by atoms with van der Waals surface area (Å²) in [6.45, 7) is 3.65. The summed E-state index contributed by atoms with van der Waals surface area (Å²) in [5.41, 5.74) is 1.53. The predicted molar refractivity (Wildman–Crippen MR) is 71.9 cm³/mol. The summed E-state index contributed by atoms with van der Waals surface area (Å²) in [4.78, 5) is 18.3. The van der Waals surface area contributed by atoms with Gasteiger partial charge >= 0.3 is 0 Å². The lowest BCUT2D eigenvalue weighted by Gasteiger charge is -2.26. The van der Waals surface area contributed by atoms with Gasteiger partial charge in [0.25, 0.3) is 5.91 Å². The van der Waals surface area contributed by atoms with Crippen LogP contribution >= 0.6 is 23.4 Å². The molecule has 1 fully saturated rings. The van der Waals surface area contributed by atoms with E-state index < -0.39 is 0 Å². The van der Waals surface area contributed by atoms with Gasteiger partial charge < -0.3 is 4.90 Å². The van der Waals surface area contributed by atoms with E-state index in [1.165, 1.54) is 0 Å². The van der Waals surface area contributed by atoms with Gasteiger partial charge in [0, 0.05) is 35.9 Å². The molecule has 3 nitrogen and oxygen atoms in total. The summed E-state index contributed by atoms with van der Waals surface area (Å²) in [5, 5.41) is 0.402. The van der Waals surface area contributed by atoms with Crippen LogP contribution in [0.1, 0.15) is 23.0 Å². The quantitative estimate of drug-likeness (QED) is 0.774. The predicted octanol–water partition coefficient (Wildman–Crippen LogP) is 2.49. The van der Waals surface area contributed by atoms with Crippen LogP contribution in [0.3, 0.4) is 0 Å². The van der Waals surface area contributed by atoms with E-state index in [2.05, 4.69) is 4.98 Å². The number of thioether (sulfide) groups is 1. The number of hydrogen-bond acceptors (Lipinski definition) is 3. The van der Waals surface area contributed by atoms with Gasteiger partial charge in [-0.3, -0.25) is 4.79 Å². The number of rotatable bonds is 2. The third kappa shape index (κ3) is 3.13. The summed E-state index contributed by atoms with van der Waals surface area (Å²) in [6.07, 6.45) is 0.788. The molecular formula is C12H15ClN2OS. The van der Waals surface area contributed by atoms with Crippen molar-refractivity contribution in [3.8, 4) is 0 Å². The highest BCUT2D eigenvalue weighted by Gasteiger charge is 2.19. The van der Waals surface area contributed by atoms with E-state index in [1.54, 1.807) is 6.07 Å². The fourth-order valence-electron chi connectivity index (χ4n) is 1.80. The SMILES string of the molecule is CCc1cc(C(=O)N2CCSCC2)cc(Cl)n1. The molecule has 0 radical (unpaired) electrons. The van der Waals surface area contributed by atoms with Crippen LogP contribution in [0.15, 0.2) is 12.1 Å². The molecule has 0 atom stereocenters. The van der Waals surface area contributed by atoms with Crippen LogP contribution in [0.25, 0.3) is 0 Å². The number of hydrogen-bond donors (Lipinski definition) is 0. The normalized spacial score (nSPS) is 16.0. The lowest BCUT2D eigenvalue weighted by molar-refractivity contribution is 0.0772. The second-order valence-electron chi connectivity index (χ2n) is 3.93. The molecule has 0 saturated carbocycles. The highest BCUT2D eigenvalue weighted by molar-refractivity contribution is 7.99. The molecule has 0 aromatic carbocycles. The zero-order valence-electron chi connectivity index (χ0n) is 9.78. The molecule has 1 aliphatic rings. The van der Waals surface area contributed by atoms with Crippen molar-refractivity contribution in [3.63, 3.8) is 0 Å². The Morgan fingerprint density at radius 1 is 1.47 bits per heavy atom. The second kappa shape index (κ2) is 5.74. The molecule has 92 valence electrons. The van der Waals surface area contributed by atoms with Crippen molar-refractivity contribution in [1.29, 1.82) is 0 Å². The Morgan fingerprint density at radius 2 is 2.18 bits per heavy atom. The van der Waals surface area contributed by atoms with E-state index in [1.807, 2.05) is 29.7 Å². The van der Waals surface area contributed by atoms with Crippen molar-refractivity contribution in [2.75, 3.05) is 24.6 Å². The van der Waals surface area contributed by atoms with E-state index in [9.17, 15) is 4.79 Å². The molecule has 0 N–H and O–H groups in total. The van der Waals surface area contributed by atoms with E-state index in [-0.39, 0.29) is 5.91 Å². The molecule has 0 spiro atoms. The number of aryl methyl sites for hydroxylation is 1. The number of carbonyl (C=O) groups excluding carboxylic acids is 1. The van der Waals surface area contributed by atoms with Gasteiger partial charge in [0.1, 0.15) is 5.15 Å². The van der Waals surface area contributed by atoms with E-state index in [0.29, 0.717) is 10.7 Å². The van der Waals surface area contributed by atoms with Gasteiger partial charge in [0.2, 0.25) is 0 Å². The van der Waals surface area contributed by atoms with Crippen LogP contribution in [0.4, 0.5) is 0 Å². The summed E-state index contributed by atoms with van der Waals surface area (Å²) in [5.74, 6) is 2.11. The summed E-state index contributed by atoms with van der Waals surface area (Å²) in [6, 6.07) is 3.50. The zero-order chi connectivity index (χ0) is 12.3. The molecular weight excluding hydrogens is 256 g/mol. The van der Waals surface area contributed by atoms with Crippen molar-refractivity contribution in [3.05, 3.63) is 28.5 Å². The maximum absolute atomic E-state index is 12.3. The fraction of sp³-hybridized carbons (Fsp3) is 0.500. The van der Waals surface area contributed by atoms with Crippen LogP contribution < -0.4 is 0 Å². The first-order chi connectivity index (χ1) is 8.20. The van der Waals surface area contributed by atoms with Crippen molar-refractivity contribution in [2.24, 2.45) is 0 Å². The monoisotopic (exact) mass is 270 g/mol. The third-order valence-corrected chi connectivity index (χ3v) is 3.89. The van der Waals surface area contributed by atoms with E-state index in [4.69, 9.17) is 11.6 Å². The average molecular weight is 271 g/mol. The van der Waals surface area contributed by atoms with E-state index in [0.717, 1.165) is 36.7 Å². The third-order valence-electron chi connectivity index (χ3n) is 2.75. The van der Waals surface area contributed by atoms with Gasteiger partial charge in [-0.1, -0.05) is 18.5 Å². The molecule has 1 aromatic heterocycles. The lowest BCUT2D eigenvalue weighted by atomic mass is 10.2. The second-order valence-corrected chi connectivity index (χ2v) is 5.54. The van der Waals surface area contributed by atoms with Crippen molar-refractivity contribution >= 4 is 29.3 Å². The Morgan fingerprint density at radius 3 is 2.82 bits per heavy atom. The Labute approximate surface area is 111 Å². The van der Waals surface area contributed by atoms with Crippen molar-refractivity contribution < 1.29 is 4.79 Å². The number of carbonyl (C=O) groups is 1. The van der Waals surface area contributed by atoms with Crippen molar-refractivity contribution in [2.45, 2.75) is 13.3 Å². The molecule has 2 heterocycles. The van der Waals surface area contributed by atoms with E-state index >= 15 is 0 Å². The molecule has 1 saturated heterocycles. The first kappa shape index (κ1) is 12.7. The zero-order valence-corrected chi connectivity index (χ0v) is 11.4. The number of halogens is 1. The maximum Gasteiger partial charge on any atom is 0.254 e. The minimum absolute atomic E-state index is 0.0734. The standard InChI is InChI=1S/C12H15ClN2OS/c1-2-10-7-9(8-11(13)14-10)12(16)15-3-5-17-6-4-15/h7-8H,2-6H2,1H3. The number of pyridine rings is 1. The molecule has 0 bridgehead atoms. The van der Waals surface area contributed by atoms with Gasteiger partial charge in [-0.25, -0.2) is 4.98 Å². The average Bonchev–Trinajstić information content (AvgIpc) is 2.38. The molecule has 0 unspecified atom stereocenters. The van der Waals surface area contributed by atoms with Crippen LogP contribution in [-0.2, 0) is 6.42 Å². The van der Waals surface area contributed by atoms with Crippen LogP contribution in [0.5, 0.6) is 0 Å². The summed E-state index contributed by atoms with van der Waals surface area (Å²) in [7, 11) is 0. The number of aromatic nitrogens is 1. The summed E-state index contributed by atoms with van der Waals surface area (Å²) < 4.78 is 0. The van der Waals surface area contributed by atoms with Gasteiger partial charge in [0.05, 0.1) is 0 Å². The van der Waals surface area contributed by atoms with Gasteiger partial charge in [-0.05, 0) is 18.6 Å². The maximum atomic E-state index is 12.3. The minimum atomic E-state index is 0.0734. The topological polar surface area (TPSA) is 33.2 Å². The van der Waals surface area contributed by atoms with Crippen LogP contribution in [0, 0.1) is 0 Å². The molecule has 0 aliphatic carbocycles. The Balaban J connectivity index is 2.20. The molecule has 5 heteroatoms.